The van der Waals surface area contributed by atoms with Crippen molar-refractivity contribution in [3.05, 3.63) is 82.9 Å². The monoisotopic (exact) mass is 378 g/mol. The SMILES string of the molecule is CCCCCc1ccc2cc(C(F)=C(F)c3ccc(CCC)cc3)ccc2c1. The van der Waals surface area contributed by atoms with Gasteiger partial charge in [-0.25, -0.2) is 8.78 Å². The van der Waals surface area contributed by atoms with Crippen molar-refractivity contribution in [1.29, 1.82) is 0 Å². The van der Waals surface area contributed by atoms with Crippen LogP contribution in [0.3, 0.4) is 0 Å². The molecule has 0 amide bonds. The van der Waals surface area contributed by atoms with Crippen LogP contribution >= 0.6 is 0 Å². The molecule has 0 bridgehead atoms. The fourth-order valence-electron chi connectivity index (χ4n) is 3.53. The summed E-state index contributed by atoms with van der Waals surface area (Å²) in [6, 6.07) is 18.6. The minimum Gasteiger partial charge on any atom is -0.203 e. The van der Waals surface area contributed by atoms with Gasteiger partial charge in [-0.05, 0) is 47.2 Å². The molecule has 3 rings (SSSR count). The van der Waals surface area contributed by atoms with Crippen LogP contribution in [-0.2, 0) is 12.8 Å². The van der Waals surface area contributed by atoms with E-state index in [4.69, 9.17) is 0 Å². The zero-order valence-electron chi connectivity index (χ0n) is 16.8. The van der Waals surface area contributed by atoms with Crippen molar-refractivity contribution in [3.8, 4) is 0 Å². The molecule has 0 radical (unpaired) electrons. The largest absolute Gasteiger partial charge is 0.203 e. The number of halogens is 2. The van der Waals surface area contributed by atoms with E-state index < -0.39 is 11.7 Å². The highest BCUT2D eigenvalue weighted by atomic mass is 19.2. The first-order chi connectivity index (χ1) is 13.6. The van der Waals surface area contributed by atoms with E-state index in [9.17, 15) is 8.78 Å². The van der Waals surface area contributed by atoms with E-state index in [0.717, 1.165) is 35.6 Å². The molecule has 0 aliphatic rings. The van der Waals surface area contributed by atoms with Gasteiger partial charge in [0.05, 0.1) is 0 Å². The molecule has 3 aromatic carbocycles. The number of hydrogen-bond donors (Lipinski definition) is 0. The molecule has 0 heterocycles. The molecule has 0 aliphatic carbocycles. The molecule has 0 saturated heterocycles. The summed E-state index contributed by atoms with van der Waals surface area (Å²) < 4.78 is 29.5. The lowest BCUT2D eigenvalue weighted by molar-refractivity contribution is 0.700. The van der Waals surface area contributed by atoms with Gasteiger partial charge >= 0.3 is 0 Å². The predicted molar refractivity (Wildman–Crippen MR) is 117 cm³/mol. The van der Waals surface area contributed by atoms with Crippen molar-refractivity contribution in [3.63, 3.8) is 0 Å². The van der Waals surface area contributed by atoms with E-state index in [-0.39, 0.29) is 11.1 Å². The van der Waals surface area contributed by atoms with Crippen molar-refractivity contribution >= 4 is 22.4 Å². The summed E-state index contributed by atoms with van der Waals surface area (Å²) in [6.07, 6.45) is 6.64. The Labute approximate surface area is 166 Å². The molecule has 0 saturated carbocycles. The second kappa shape index (κ2) is 9.64. The molecular formula is C26H28F2. The molecule has 0 unspecified atom stereocenters. The minimum atomic E-state index is -0.808. The lowest BCUT2D eigenvalue weighted by Gasteiger charge is -2.07. The third-order valence-electron chi connectivity index (χ3n) is 5.17. The maximum Gasteiger partial charge on any atom is 0.166 e. The smallest absolute Gasteiger partial charge is 0.166 e. The van der Waals surface area contributed by atoms with Crippen LogP contribution in [0.2, 0.25) is 0 Å². The molecule has 3 aromatic rings. The second-order valence-electron chi connectivity index (χ2n) is 7.43. The van der Waals surface area contributed by atoms with Crippen LogP contribution in [0, 0.1) is 0 Å². The van der Waals surface area contributed by atoms with Gasteiger partial charge in [0.1, 0.15) is 0 Å². The fourth-order valence-corrected chi connectivity index (χ4v) is 3.53. The summed E-state index contributed by atoms with van der Waals surface area (Å²) in [6.45, 7) is 4.30. The van der Waals surface area contributed by atoms with E-state index in [1.54, 1.807) is 24.3 Å². The Hall–Kier alpha value is -2.48. The van der Waals surface area contributed by atoms with Gasteiger partial charge in [-0.2, -0.15) is 0 Å². The van der Waals surface area contributed by atoms with Crippen LogP contribution in [0.4, 0.5) is 8.78 Å². The van der Waals surface area contributed by atoms with E-state index in [1.807, 2.05) is 24.3 Å². The molecular weight excluding hydrogens is 350 g/mol. The molecule has 0 N–H and O–H groups in total. The number of aryl methyl sites for hydroxylation is 2. The first kappa shape index (κ1) is 20.3. The standard InChI is InChI=1S/C26H28F2/c1-3-5-6-8-20-11-14-23-18-24(16-15-22(23)17-20)26(28)25(27)21-12-9-19(7-4-2)10-13-21/h9-18H,3-8H2,1-2H3. The minimum absolute atomic E-state index is 0.279. The topological polar surface area (TPSA) is 0 Å². The van der Waals surface area contributed by atoms with Crippen molar-refractivity contribution in [2.24, 2.45) is 0 Å². The van der Waals surface area contributed by atoms with E-state index in [2.05, 4.69) is 26.0 Å². The zero-order chi connectivity index (χ0) is 19.9. The lowest BCUT2D eigenvalue weighted by atomic mass is 10.00. The Balaban J connectivity index is 1.84. The third-order valence-corrected chi connectivity index (χ3v) is 5.17. The van der Waals surface area contributed by atoms with Crippen molar-refractivity contribution < 1.29 is 8.78 Å². The summed E-state index contributed by atoms with van der Waals surface area (Å²) >= 11 is 0. The molecule has 28 heavy (non-hydrogen) atoms. The van der Waals surface area contributed by atoms with Gasteiger partial charge in [0.2, 0.25) is 0 Å². The molecule has 0 fully saturated rings. The summed E-state index contributed by atoms with van der Waals surface area (Å²) in [7, 11) is 0. The summed E-state index contributed by atoms with van der Waals surface area (Å²) in [5.74, 6) is -1.62. The predicted octanol–water partition coefficient (Wildman–Crippen LogP) is 8.29. The van der Waals surface area contributed by atoms with E-state index in [1.165, 1.54) is 24.8 Å². The maximum atomic E-state index is 14.8. The maximum absolute atomic E-state index is 14.8. The quantitative estimate of drug-likeness (QED) is 0.273. The molecule has 2 heteroatoms. The zero-order valence-corrected chi connectivity index (χ0v) is 16.8. The Bertz CT molecular complexity index is 952. The van der Waals surface area contributed by atoms with Gasteiger partial charge in [-0.3, -0.25) is 0 Å². The molecule has 0 spiro atoms. The van der Waals surface area contributed by atoms with Gasteiger partial charge in [0, 0.05) is 11.1 Å². The first-order valence-electron chi connectivity index (χ1n) is 10.3. The Kier molecular flexibility index (Phi) is 6.97. The summed E-state index contributed by atoms with van der Waals surface area (Å²) in [5.41, 5.74) is 2.99. The van der Waals surface area contributed by atoms with Crippen LogP contribution in [0.1, 0.15) is 61.8 Å². The Morgan fingerprint density at radius 1 is 0.607 bits per heavy atom. The number of fused-ring (bicyclic) bond motifs is 1. The summed E-state index contributed by atoms with van der Waals surface area (Å²) in [5, 5.41) is 1.99. The van der Waals surface area contributed by atoms with Gasteiger partial charge in [0.15, 0.2) is 11.7 Å². The van der Waals surface area contributed by atoms with Crippen LogP contribution in [0.25, 0.3) is 22.4 Å². The molecule has 0 aromatic heterocycles. The number of rotatable bonds is 8. The number of benzene rings is 3. The lowest BCUT2D eigenvalue weighted by Crippen LogP contribution is -1.89. The average Bonchev–Trinajstić information content (AvgIpc) is 2.73. The van der Waals surface area contributed by atoms with Gasteiger partial charge in [0.25, 0.3) is 0 Å². The third kappa shape index (κ3) is 4.86. The molecule has 0 atom stereocenters. The van der Waals surface area contributed by atoms with Crippen LogP contribution in [-0.4, -0.2) is 0 Å². The van der Waals surface area contributed by atoms with Crippen LogP contribution in [0.5, 0.6) is 0 Å². The molecule has 0 aliphatic heterocycles. The van der Waals surface area contributed by atoms with Crippen molar-refractivity contribution in [2.45, 2.75) is 52.4 Å². The van der Waals surface area contributed by atoms with E-state index >= 15 is 0 Å². The highest BCUT2D eigenvalue weighted by Gasteiger charge is 2.12. The Morgan fingerprint density at radius 2 is 1.21 bits per heavy atom. The van der Waals surface area contributed by atoms with E-state index in [0.29, 0.717) is 0 Å². The number of unbranched alkanes of at least 4 members (excludes halogenated alkanes) is 2. The molecule has 0 nitrogen and oxygen atoms in total. The first-order valence-corrected chi connectivity index (χ1v) is 10.3. The molecule has 146 valence electrons. The normalized spacial score (nSPS) is 12.3. The van der Waals surface area contributed by atoms with Gasteiger partial charge < -0.3 is 0 Å². The van der Waals surface area contributed by atoms with Crippen LogP contribution < -0.4 is 0 Å². The van der Waals surface area contributed by atoms with Crippen molar-refractivity contribution in [2.75, 3.05) is 0 Å². The highest BCUT2D eigenvalue weighted by Crippen LogP contribution is 2.31. The summed E-state index contributed by atoms with van der Waals surface area (Å²) in [4.78, 5) is 0. The number of hydrogen-bond acceptors (Lipinski definition) is 0. The van der Waals surface area contributed by atoms with Crippen molar-refractivity contribution in [1.82, 2.24) is 0 Å². The Morgan fingerprint density at radius 3 is 1.93 bits per heavy atom. The van der Waals surface area contributed by atoms with Crippen LogP contribution in [0.15, 0.2) is 60.7 Å². The average molecular weight is 379 g/mol. The van der Waals surface area contributed by atoms with Gasteiger partial charge in [-0.15, -0.1) is 0 Å². The highest BCUT2D eigenvalue weighted by molar-refractivity contribution is 5.90. The fraction of sp³-hybridized carbons (Fsp3) is 0.308. The van der Waals surface area contributed by atoms with Gasteiger partial charge in [-0.1, -0.05) is 87.7 Å². The second-order valence-corrected chi connectivity index (χ2v) is 7.43.